The van der Waals surface area contributed by atoms with Crippen molar-refractivity contribution < 1.29 is 33.3 Å². The average molecular weight is 752 g/mol. The summed E-state index contributed by atoms with van der Waals surface area (Å²) in [5.74, 6) is 1.40. The molecule has 0 atom stereocenters. The lowest BCUT2D eigenvalue weighted by Crippen LogP contribution is -2.18. The van der Waals surface area contributed by atoms with E-state index >= 15 is 0 Å². The fraction of sp³-hybridized carbons (Fsp3) is 0.361. The standard InChI is InChI=1S/C21H22N2O4.C15H16INO3/c1-5-26-20(24)17-15(12-7-6-10-22-19(12)25-4)16-14(23-17)9-8-13-18(16)27-11-21(13,2)3;1-4-19-14(18)12-11(16)10-9(17-12)6-5-8-13(10)20-7-15(8,2)3/h6-10,23H,5,11H2,1-4H3;5-6,17H,4,7H2,1-3H3. The smallest absolute Gasteiger partial charge is 0.355 e. The Morgan fingerprint density at radius 2 is 1.36 bits per heavy atom. The van der Waals surface area contributed by atoms with Crippen LogP contribution in [-0.4, -0.2) is 60.4 Å². The van der Waals surface area contributed by atoms with Crippen LogP contribution in [0, 0.1) is 3.57 Å². The molecule has 10 nitrogen and oxygen atoms in total. The Hall–Kier alpha value is -4.26. The summed E-state index contributed by atoms with van der Waals surface area (Å²) in [4.78, 5) is 35.3. The van der Waals surface area contributed by atoms with Gasteiger partial charge in [-0.1, -0.05) is 39.8 Å². The van der Waals surface area contributed by atoms with Crippen molar-refractivity contribution in [2.75, 3.05) is 33.5 Å². The maximum atomic E-state index is 12.7. The molecule has 2 aromatic carbocycles. The van der Waals surface area contributed by atoms with Gasteiger partial charge in [-0.3, -0.25) is 0 Å². The molecule has 2 aliphatic heterocycles. The molecule has 2 N–H and O–H groups in total. The van der Waals surface area contributed by atoms with Crippen LogP contribution in [0.4, 0.5) is 0 Å². The summed E-state index contributed by atoms with van der Waals surface area (Å²) in [6.07, 6.45) is 1.66. The third-order valence-corrected chi connectivity index (χ3v) is 9.66. The number of fused-ring (bicyclic) bond motifs is 6. The van der Waals surface area contributed by atoms with E-state index in [2.05, 4.69) is 77.4 Å². The molecular weight excluding hydrogens is 713 g/mol. The third-order valence-electron chi connectivity index (χ3n) is 8.58. The molecule has 5 heterocycles. The predicted octanol–water partition coefficient (Wildman–Crippen LogP) is 7.70. The van der Waals surface area contributed by atoms with Crippen molar-refractivity contribution in [3.8, 4) is 28.5 Å². The zero-order valence-corrected chi connectivity index (χ0v) is 29.7. The minimum Gasteiger partial charge on any atom is -0.492 e. The molecule has 0 saturated carbocycles. The highest BCUT2D eigenvalue weighted by molar-refractivity contribution is 14.1. The largest absolute Gasteiger partial charge is 0.492 e. The van der Waals surface area contributed by atoms with E-state index in [1.54, 1.807) is 27.2 Å². The van der Waals surface area contributed by atoms with Crippen LogP contribution in [0.15, 0.2) is 42.6 Å². The Balaban J connectivity index is 0.000000172. The zero-order valence-electron chi connectivity index (χ0n) is 27.6. The summed E-state index contributed by atoms with van der Waals surface area (Å²) in [7, 11) is 1.56. The number of hydrogen-bond donors (Lipinski definition) is 2. The molecule has 5 aromatic rings. The first-order chi connectivity index (χ1) is 22.4. The van der Waals surface area contributed by atoms with Gasteiger partial charge in [0.15, 0.2) is 0 Å². The monoisotopic (exact) mass is 751 g/mol. The number of esters is 2. The van der Waals surface area contributed by atoms with E-state index in [0.717, 1.165) is 48.0 Å². The van der Waals surface area contributed by atoms with Gasteiger partial charge in [0.2, 0.25) is 5.88 Å². The number of carbonyl (C=O) groups is 2. The second-order valence-corrected chi connectivity index (χ2v) is 13.8. The highest BCUT2D eigenvalue weighted by Gasteiger charge is 2.37. The number of pyridine rings is 1. The van der Waals surface area contributed by atoms with Gasteiger partial charge in [-0.15, -0.1) is 0 Å². The Bertz CT molecular complexity index is 2020. The fourth-order valence-corrected chi connectivity index (χ4v) is 7.11. The number of benzene rings is 2. The van der Waals surface area contributed by atoms with Crippen LogP contribution >= 0.6 is 22.6 Å². The number of aromatic nitrogens is 3. The van der Waals surface area contributed by atoms with Crippen molar-refractivity contribution in [1.82, 2.24) is 15.0 Å². The van der Waals surface area contributed by atoms with Gasteiger partial charge in [0.25, 0.3) is 0 Å². The molecule has 0 bridgehead atoms. The van der Waals surface area contributed by atoms with Crippen LogP contribution in [0.1, 0.15) is 73.6 Å². The number of H-pyrrole nitrogens is 2. The second-order valence-electron chi connectivity index (χ2n) is 12.8. The topological polar surface area (TPSA) is 125 Å². The molecule has 0 spiro atoms. The lowest BCUT2D eigenvalue weighted by atomic mass is 9.86. The number of methoxy groups -OCH3 is 1. The van der Waals surface area contributed by atoms with Crippen LogP contribution in [-0.2, 0) is 20.3 Å². The second kappa shape index (κ2) is 12.4. The molecule has 246 valence electrons. The van der Waals surface area contributed by atoms with Crippen LogP contribution in [0.3, 0.4) is 0 Å². The van der Waals surface area contributed by atoms with Crippen molar-refractivity contribution >= 4 is 56.3 Å². The van der Waals surface area contributed by atoms with Gasteiger partial charge >= 0.3 is 11.9 Å². The average Bonchev–Trinajstić information content (AvgIpc) is 3.78. The maximum absolute atomic E-state index is 12.7. The Morgan fingerprint density at radius 1 is 0.830 bits per heavy atom. The normalized spacial score (nSPS) is 15.2. The highest BCUT2D eigenvalue weighted by atomic mass is 127. The van der Waals surface area contributed by atoms with Gasteiger partial charge in [-0.05, 0) is 60.7 Å². The number of hydrogen-bond acceptors (Lipinski definition) is 8. The molecule has 47 heavy (non-hydrogen) atoms. The summed E-state index contributed by atoms with van der Waals surface area (Å²) in [6.45, 7) is 14.1. The van der Waals surface area contributed by atoms with Gasteiger partial charge in [0, 0.05) is 39.3 Å². The van der Waals surface area contributed by atoms with Crippen molar-refractivity contribution in [3.63, 3.8) is 0 Å². The lowest BCUT2D eigenvalue weighted by molar-refractivity contribution is 0.0511. The van der Waals surface area contributed by atoms with Gasteiger partial charge in [0.1, 0.15) is 22.9 Å². The quantitative estimate of drug-likeness (QED) is 0.134. The molecule has 0 amide bonds. The summed E-state index contributed by atoms with van der Waals surface area (Å²) in [5.41, 5.74) is 6.24. The van der Waals surface area contributed by atoms with Gasteiger partial charge in [-0.2, -0.15) is 0 Å². The number of rotatable bonds is 6. The summed E-state index contributed by atoms with van der Waals surface area (Å²) < 4.78 is 28.7. The Labute approximate surface area is 286 Å². The van der Waals surface area contributed by atoms with Crippen LogP contribution in [0.2, 0.25) is 0 Å². The summed E-state index contributed by atoms with van der Waals surface area (Å²) in [6, 6.07) is 11.8. The molecular formula is C36H38IN3O7. The number of ether oxygens (including phenoxy) is 5. The van der Waals surface area contributed by atoms with E-state index in [1.807, 2.05) is 24.3 Å². The number of aromatic amines is 2. The first-order valence-corrected chi connectivity index (χ1v) is 16.6. The van der Waals surface area contributed by atoms with E-state index in [4.69, 9.17) is 23.7 Å². The van der Waals surface area contributed by atoms with Crippen LogP contribution in [0.25, 0.3) is 32.9 Å². The number of carbonyl (C=O) groups excluding carboxylic acids is 2. The molecule has 0 fully saturated rings. The minimum atomic E-state index is -0.416. The molecule has 0 saturated heterocycles. The SMILES string of the molecule is CCOC(=O)c1[nH]c2ccc3c(c2c1-c1cccnc1OC)OCC3(C)C.CCOC(=O)c1[nH]c2ccc3c(c2c1I)OCC3(C)C. The highest BCUT2D eigenvalue weighted by Crippen LogP contribution is 2.49. The van der Waals surface area contributed by atoms with Crippen molar-refractivity contribution in [2.45, 2.75) is 52.4 Å². The van der Waals surface area contributed by atoms with E-state index in [0.29, 0.717) is 49.3 Å². The number of nitrogens with one attached hydrogen (secondary N) is 2. The van der Waals surface area contributed by atoms with E-state index < -0.39 is 5.97 Å². The zero-order chi connectivity index (χ0) is 33.7. The van der Waals surface area contributed by atoms with Crippen molar-refractivity contribution in [2.24, 2.45) is 0 Å². The third kappa shape index (κ3) is 5.57. The van der Waals surface area contributed by atoms with E-state index in [9.17, 15) is 9.59 Å². The Morgan fingerprint density at radius 3 is 1.94 bits per heavy atom. The Kier molecular flexibility index (Phi) is 8.62. The molecule has 0 radical (unpaired) electrons. The molecule has 7 rings (SSSR count). The molecule has 2 aliphatic rings. The van der Waals surface area contributed by atoms with Gasteiger partial charge in [-0.25, -0.2) is 14.6 Å². The fourth-order valence-electron chi connectivity index (χ4n) is 6.22. The lowest BCUT2D eigenvalue weighted by Gasteiger charge is -2.14. The first kappa shape index (κ1) is 32.7. The minimum absolute atomic E-state index is 0.00790. The first-order valence-electron chi connectivity index (χ1n) is 15.6. The predicted molar refractivity (Wildman–Crippen MR) is 188 cm³/mol. The van der Waals surface area contributed by atoms with E-state index in [-0.39, 0.29) is 16.8 Å². The molecule has 0 unspecified atom stereocenters. The van der Waals surface area contributed by atoms with Crippen LogP contribution < -0.4 is 14.2 Å². The van der Waals surface area contributed by atoms with Gasteiger partial charge < -0.3 is 33.7 Å². The maximum Gasteiger partial charge on any atom is 0.355 e. The molecule has 11 heteroatoms. The van der Waals surface area contributed by atoms with Crippen molar-refractivity contribution in [1.29, 1.82) is 0 Å². The summed E-state index contributed by atoms with van der Waals surface area (Å²) in [5, 5.41) is 1.84. The van der Waals surface area contributed by atoms with Gasteiger partial charge in [0.05, 0.1) is 58.9 Å². The molecule has 0 aliphatic carbocycles. The van der Waals surface area contributed by atoms with Crippen molar-refractivity contribution in [3.05, 3.63) is 68.7 Å². The number of halogens is 1. The van der Waals surface area contributed by atoms with Crippen LogP contribution in [0.5, 0.6) is 17.4 Å². The van der Waals surface area contributed by atoms with E-state index in [1.165, 1.54) is 5.56 Å². The number of nitrogens with zero attached hydrogens (tertiary/aromatic N) is 1. The summed E-state index contributed by atoms with van der Waals surface area (Å²) >= 11 is 2.18. The molecule has 3 aromatic heterocycles.